The smallest absolute Gasteiger partial charge is 0.0110 e. The fourth-order valence-corrected chi connectivity index (χ4v) is 10.2. The van der Waals surface area contributed by atoms with Gasteiger partial charge in [0.2, 0.25) is 0 Å². The van der Waals surface area contributed by atoms with E-state index in [9.17, 15) is 0 Å². The molecule has 42 nitrogen and oxygen atoms in total. The first-order valence-electron chi connectivity index (χ1n) is 44.6. The molecule has 0 aliphatic heterocycles. The van der Waals surface area contributed by atoms with E-state index >= 15 is 0 Å². The van der Waals surface area contributed by atoms with Crippen molar-refractivity contribution in [3.63, 3.8) is 0 Å². The first-order chi connectivity index (χ1) is 56.9. The zero-order valence-electron chi connectivity index (χ0n) is 74.7. The summed E-state index contributed by atoms with van der Waals surface area (Å²) in [6, 6.07) is 0. The second-order valence-electron chi connectivity index (χ2n) is 27.0. The minimum absolute atomic E-state index is 0.694. The third kappa shape index (κ3) is 133. The number of nitrogens with one attached hydrogen (secondary N) is 14. The molecule has 712 valence electrons. The van der Waals surface area contributed by atoms with Gasteiger partial charge in [-0.2, -0.15) is 0 Å². The Morgan fingerprint density at radius 2 is 0.207 bits per heavy atom. The summed E-state index contributed by atoms with van der Waals surface area (Å²) in [6.07, 6.45) is 6.21. The van der Waals surface area contributed by atoms with E-state index in [1.165, 1.54) is 0 Å². The summed E-state index contributed by atoms with van der Waals surface area (Å²) >= 11 is 0. The van der Waals surface area contributed by atoms with E-state index in [1.807, 2.05) is 0 Å². The Morgan fingerprint density at radius 3 is 0.345 bits per heavy atom. The van der Waals surface area contributed by atoms with Crippen molar-refractivity contribution in [1.82, 2.24) is 104 Å². The highest BCUT2D eigenvalue weighted by atomic mass is 15.2. The van der Waals surface area contributed by atoms with Gasteiger partial charge in [-0.3, -0.25) is 0 Å². The zero-order valence-corrected chi connectivity index (χ0v) is 74.7. The lowest BCUT2D eigenvalue weighted by atomic mass is 10.3. The summed E-state index contributed by atoms with van der Waals surface area (Å²) in [6.45, 7) is 60.4. The molecule has 0 radical (unpaired) electrons. The highest BCUT2D eigenvalue weighted by molar-refractivity contribution is 4.69. The van der Waals surface area contributed by atoms with Crippen LogP contribution in [0.15, 0.2) is 0 Å². The Kier molecular flexibility index (Phi) is 147. The molecule has 0 fully saturated rings. The van der Waals surface area contributed by atoms with Crippen LogP contribution in [0.2, 0.25) is 0 Å². The van der Waals surface area contributed by atoms with Gasteiger partial charge in [0.1, 0.15) is 0 Å². The normalized spacial score (nSPS) is 11.1. The Morgan fingerprint density at radius 1 is 0.0948 bits per heavy atom. The fourth-order valence-electron chi connectivity index (χ4n) is 10.2. The molecule has 0 bridgehead atoms. The van der Waals surface area contributed by atoms with Crippen molar-refractivity contribution in [2.75, 3.05) is 445 Å². The maximum Gasteiger partial charge on any atom is 0.0110 e. The van der Waals surface area contributed by atoms with Crippen LogP contribution in [-0.4, -0.2) is 474 Å². The highest BCUT2D eigenvalue weighted by Crippen LogP contribution is 1.96. The van der Waals surface area contributed by atoms with Gasteiger partial charge in [0, 0.05) is 367 Å². The SMILES string of the molecule is NCCCN(CCN)CCN.NCCCN(CCN)CCN(CCN)CCCN.NCCCN(CCN)CCNCCN.NCCCN(CCN)CCNCCNCCN.NCCCN(CCNCCN)CCNCCN.NCCNCCNCCN.NCCNCCNCCNCCN.NCCNCCNCCNCCNCCN. The largest absolute Gasteiger partial charge is 0.330 e. The van der Waals surface area contributed by atoms with E-state index in [-0.39, 0.29) is 0 Å². The number of nitrogens with two attached hydrogens (primary N) is 22. The monoisotopic (exact) mass is 1680 g/mol. The maximum absolute atomic E-state index is 5.62. The van der Waals surface area contributed by atoms with Crippen molar-refractivity contribution >= 4 is 0 Å². The van der Waals surface area contributed by atoms with Gasteiger partial charge in [-0.1, -0.05) is 0 Å². The second kappa shape index (κ2) is 131. The van der Waals surface area contributed by atoms with Gasteiger partial charge in [0.15, 0.2) is 0 Å². The van der Waals surface area contributed by atoms with Gasteiger partial charge in [-0.05, 0) is 117 Å². The predicted molar refractivity (Wildman–Crippen MR) is 506 cm³/mol. The van der Waals surface area contributed by atoms with Crippen molar-refractivity contribution in [1.29, 1.82) is 0 Å². The van der Waals surface area contributed by atoms with Gasteiger partial charge < -0.3 is 230 Å². The summed E-state index contributed by atoms with van der Waals surface area (Å²) in [5, 5.41) is 45.7. The summed E-state index contributed by atoms with van der Waals surface area (Å²) in [4.78, 5) is 14.1. The number of nitrogens with zero attached hydrogens (tertiary/aromatic N) is 6. The standard InChI is InChI=1S/C12H32N6.2C11H30N6.C10H28N6.C9H25N5.C8H23N5.C7H20N4.C6H18N4/c13-3-1-7-17(9-5-15)11-12-18(10-6-16)8-2-4-14;12-2-1-9-17(10-4-14)11-8-16-7-6-15-5-3-13;12-2-1-9-17(10-7-15-5-3-13)11-8-16-6-4-14;11-1-3-13-5-7-15-9-10-16-8-6-14-4-2-12;10-2-1-7-14(8-4-12)9-6-13-5-3-11;9-1-3-11-5-7-13-8-6-12-4-2-10;8-2-1-5-11(6-3-9)7-4-10;7-1-3-9-5-6-10-4-2-8/h1-16H2;2*15-16H,1-14H2;13-16H,1-12H2;13H,1-12H2;11-13H,1-10H2;1-10H2;9-10H,1-8H2. The van der Waals surface area contributed by atoms with Crippen LogP contribution < -0.4 is 201 Å². The van der Waals surface area contributed by atoms with Gasteiger partial charge in [-0.15, -0.1) is 0 Å². The molecule has 42 heteroatoms. The second-order valence-corrected chi connectivity index (χ2v) is 27.0. The molecule has 0 saturated heterocycles. The quantitative estimate of drug-likeness (QED) is 0.0251. The predicted octanol–water partition coefficient (Wildman–Crippen LogP) is -16.6. The van der Waals surface area contributed by atoms with Crippen molar-refractivity contribution in [3.8, 4) is 0 Å². The Balaban J connectivity index is -0.000000193. The molecule has 0 heterocycles. The average molecular weight is 1680 g/mol. The Hall–Kier alpha value is -1.68. The zero-order chi connectivity index (χ0) is 87.7. The van der Waals surface area contributed by atoms with Crippen molar-refractivity contribution < 1.29 is 0 Å². The molecular weight excluding hydrogens is 1480 g/mol. The lowest BCUT2D eigenvalue weighted by Crippen LogP contribution is -2.40. The topological polar surface area (TPSA) is 760 Å². The molecule has 0 unspecified atom stereocenters. The van der Waals surface area contributed by atoms with Crippen LogP contribution in [-0.2, 0) is 0 Å². The van der Waals surface area contributed by atoms with E-state index in [0.717, 1.165) is 379 Å². The van der Waals surface area contributed by atoms with Crippen molar-refractivity contribution in [2.45, 2.75) is 38.5 Å². The summed E-state index contributed by atoms with van der Waals surface area (Å²) < 4.78 is 0. The lowest BCUT2D eigenvalue weighted by molar-refractivity contribution is 0.207. The molecule has 0 aliphatic rings. The summed E-state index contributed by atoms with van der Waals surface area (Å²) in [5.41, 5.74) is 120. The van der Waals surface area contributed by atoms with Crippen LogP contribution >= 0.6 is 0 Å². The molecule has 0 spiro atoms. The minimum atomic E-state index is 0.694. The molecule has 116 heavy (non-hydrogen) atoms. The maximum atomic E-state index is 5.62. The molecule has 0 saturated carbocycles. The molecule has 0 atom stereocenters. The first-order valence-corrected chi connectivity index (χ1v) is 44.6. The van der Waals surface area contributed by atoms with Gasteiger partial charge >= 0.3 is 0 Å². The van der Waals surface area contributed by atoms with Crippen LogP contribution in [0, 0.1) is 0 Å². The molecule has 0 amide bonds. The molecule has 58 N–H and O–H groups in total. The molecule has 0 aromatic carbocycles. The van der Waals surface area contributed by atoms with Gasteiger partial charge in [0.25, 0.3) is 0 Å². The Bertz CT molecular complexity index is 1470. The summed E-state index contributed by atoms with van der Waals surface area (Å²) in [5.74, 6) is 0. The third-order valence-corrected chi connectivity index (χ3v) is 16.5. The van der Waals surface area contributed by atoms with Crippen LogP contribution in [0.1, 0.15) is 38.5 Å². The van der Waals surface area contributed by atoms with E-state index in [0.29, 0.717) is 105 Å². The van der Waals surface area contributed by atoms with Gasteiger partial charge in [0.05, 0.1) is 0 Å². The van der Waals surface area contributed by atoms with Crippen molar-refractivity contribution in [2.24, 2.45) is 126 Å². The van der Waals surface area contributed by atoms with Crippen LogP contribution in [0.3, 0.4) is 0 Å². The van der Waals surface area contributed by atoms with E-state index in [1.54, 1.807) is 0 Å². The third-order valence-electron chi connectivity index (χ3n) is 16.5. The van der Waals surface area contributed by atoms with Crippen LogP contribution in [0.4, 0.5) is 0 Å². The van der Waals surface area contributed by atoms with Crippen LogP contribution in [0.5, 0.6) is 0 Å². The molecule has 0 aromatic rings. The molecule has 0 aromatic heterocycles. The first kappa shape index (κ1) is 130. The van der Waals surface area contributed by atoms with E-state index in [4.69, 9.17) is 126 Å². The minimum Gasteiger partial charge on any atom is -0.330 e. The van der Waals surface area contributed by atoms with Gasteiger partial charge in [-0.25, -0.2) is 0 Å². The Labute approximate surface area is 710 Å². The molecule has 0 rings (SSSR count). The highest BCUT2D eigenvalue weighted by Gasteiger charge is 2.10. The molecular formula is C74H206N42. The van der Waals surface area contributed by atoms with E-state index < -0.39 is 0 Å². The van der Waals surface area contributed by atoms with E-state index in [2.05, 4.69) is 104 Å². The van der Waals surface area contributed by atoms with Crippen LogP contribution in [0.25, 0.3) is 0 Å². The fraction of sp³-hybridized carbons (Fsp3) is 1.00. The number of hydrogen-bond acceptors (Lipinski definition) is 42. The average Bonchev–Trinajstić information content (AvgIpc) is 0.972. The lowest BCUT2D eigenvalue weighted by Gasteiger charge is -2.27. The molecule has 0 aliphatic carbocycles. The van der Waals surface area contributed by atoms with Crippen molar-refractivity contribution in [3.05, 3.63) is 0 Å². The number of hydrogen-bond donors (Lipinski definition) is 36. The number of rotatable bonds is 86. The summed E-state index contributed by atoms with van der Waals surface area (Å²) in [7, 11) is 0.